The average molecular weight is 380 g/mol. The van der Waals surface area contributed by atoms with Crippen LogP contribution in [0.15, 0.2) is 43.0 Å². The highest BCUT2D eigenvalue weighted by molar-refractivity contribution is 5.81. The van der Waals surface area contributed by atoms with Gasteiger partial charge in [0.2, 0.25) is 0 Å². The van der Waals surface area contributed by atoms with Gasteiger partial charge >= 0.3 is 0 Å². The molecule has 0 radical (unpaired) electrons. The van der Waals surface area contributed by atoms with Gasteiger partial charge < -0.3 is 26.0 Å². The zero-order valence-corrected chi connectivity index (χ0v) is 14.9. The smallest absolute Gasteiger partial charge is 0.167 e. The lowest BCUT2D eigenvalue weighted by Crippen LogP contribution is -2.37. The molecule has 28 heavy (non-hydrogen) atoms. The molecule has 144 valence electrons. The summed E-state index contributed by atoms with van der Waals surface area (Å²) in [5, 5.41) is 23.9. The quantitative estimate of drug-likeness (QED) is 0.357. The number of hydrogen-bond donors (Lipinski definition) is 4. The van der Waals surface area contributed by atoms with Crippen molar-refractivity contribution in [2.45, 2.75) is 24.5 Å². The third-order valence-electron chi connectivity index (χ3n) is 4.56. The molecule has 1 aliphatic rings. The minimum atomic E-state index is -1.13. The van der Waals surface area contributed by atoms with Crippen LogP contribution in [0.2, 0.25) is 0 Å². The molecule has 4 atom stereocenters. The van der Waals surface area contributed by atoms with Gasteiger partial charge in [0.05, 0.1) is 12.9 Å². The molecule has 2 aromatic heterocycles. The monoisotopic (exact) mass is 380 g/mol. The van der Waals surface area contributed by atoms with E-state index < -0.39 is 24.5 Å². The van der Waals surface area contributed by atoms with Gasteiger partial charge in [-0.15, -0.1) is 0 Å². The van der Waals surface area contributed by atoms with Crippen LogP contribution in [-0.4, -0.2) is 61.1 Å². The van der Waals surface area contributed by atoms with E-state index in [1.165, 1.54) is 12.7 Å². The van der Waals surface area contributed by atoms with Crippen molar-refractivity contribution >= 4 is 17.0 Å². The Balaban J connectivity index is 1.39. The van der Waals surface area contributed by atoms with E-state index in [1.54, 1.807) is 4.57 Å². The highest BCUT2D eigenvalue weighted by Crippen LogP contribution is 2.31. The van der Waals surface area contributed by atoms with Crippen molar-refractivity contribution in [3.05, 3.63) is 48.5 Å². The molecule has 5 N–H and O–H groups in total. The molecule has 1 saturated heterocycles. The number of imidazole rings is 1. The molecule has 9 nitrogen and oxygen atoms in total. The molecule has 9 heteroatoms. The fraction of sp³-hybridized carbons (Fsp3) is 0.316. The number of nitrogens with two attached hydrogens (primary N) is 1. The first-order valence-corrected chi connectivity index (χ1v) is 8.84. The maximum atomic E-state index is 10.4. The first-order chi connectivity index (χ1) is 13.6. The fourth-order valence-electron chi connectivity index (χ4n) is 3.13. The lowest BCUT2D eigenvalue weighted by molar-refractivity contribution is -0.0339. The Morgan fingerprint density at radius 2 is 1.96 bits per heavy atom. The van der Waals surface area contributed by atoms with Gasteiger partial charge in [-0.3, -0.25) is 4.57 Å². The number of hydrogen-bond acceptors (Lipinski definition) is 8. The Morgan fingerprint density at radius 1 is 1.14 bits per heavy atom. The van der Waals surface area contributed by atoms with E-state index in [1.807, 2.05) is 30.3 Å². The summed E-state index contributed by atoms with van der Waals surface area (Å²) in [7, 11) is 0. The molecule has 0 aliphatic carbocycles. The number of benzene rings is 1. The second-order valence-electron chi connectivity index (χ2n) is 6.43. The van der Waals surface area contributed by atoms with Gasteiger partial charge in [0.1, 0.15) is 30.2 Å². The van der Waals surface area contributed by atoms with Gasteiger partial charge in [-0.2, -0.15) is 0 Å². The van der Waals surface area contributed by atoms with Crippen LogP contribution >= 0.6 is 0 Å². The molecule has 3 heterocycles. The minimum absolute atomic E-state index is 0.243. The molecule has 0 spiro atoms. The maximum absolute atomic E-state index is 10.4. The number of rotatable bonds is 4. The Kier molecular flexibility index (Phi) is 5.18. The molecule has 1 fully saturated rings. The van der Waals surface area contributed by atoms with Gasteiger partial charge in [0.25, 0.3) is 0 Å². The SMILES string of the molecule is Nc1ncnc2c1ncn2[C@@H]1O[C@H](CNCC#Cc2ccccc2)[C@@H](O)[C@H]1O. The Morgan fingerprint density at radius 3 is 2.79 bits per heavy atom. The van der Waals surface area contributed by atoms with Gasteiger partial charge in [0.15, 0.2) is 17.7 Å². The average Bonchev–Trinajstić information content (AvgIpc) is 3.26. The lowest BCUT2D eigenvalue weighted by atomic mass is 10.1. The summed E-state index contributed by atoms with van der Waals surface area (Å²) in [6.07, 6.45) is -0.825. The molecule has 0 unspecified atom stereocenters. The van der Waals surface area contributed by atoms with Crippen LogP contribution in [-0.2, 0) is 4.74 Å². The van der Waals surface area contributed by atoms with Gasteiger partial charge in [-0.05, 0) is 12.1 Å². The van der Waals surface area contributed by atoms with Crippen LogP contribution in [0.1, 0.15) is 11.8 Å². The lowest BCUT2D eigenvalue weighted by Gasteiger charge is -2.16. The fourth-order valence-corrected chi connectivity index (χ4v) is 3.13. The predicted molar refractivity (Wildman–Crippen MR) is 102 cm³/mol. The highest BCUT2D eigenvalue weighted by Gasteiger charge is 2.44. The maximum Gasteiger partial charge on any atom is 0.167 e. The van der Waals surface area contributed by atoms with Gasteiger partial charge in [-0.25, -0.2) is 15.0 Å². The van der Waals surface area contributed by atoms with Gasteiger partial charge in [0, 0.05) is 12.1 Å². The van der Waals surface area contributed by atoms with E-state index in [-0.39, 0.29) is 5.82 Å². The van der Waals surface area contributed by atoms with Gasteiger partial charge in [-0.1, -0.05) is 30.0 Å². The number of anilines is 1. The third kappa shape index (κ3) is 3.54. The van der Waals surface area contributed by atoms with E-state index in [2.05, 4.69) is 32.1 Å². The molecular weight excluding hydrogens is 360 g/mol. The summed E-state index contributed by atoms with van der Waals surface area (Å²) < 4.78 is 7.41. The van der Waals surface area contributed by atoms with E-state index in [0.717, 1.165) is 5.56 Å². The number of aliphatic hydroxyl groups is 2. The second-order valence-corrected chi connectivity index (χ2v) is 6.43. The Hall–Kier alpha value is -3.03. The summed E-state index contributed by atoms with van der Waals surface area (Å²) in [5.74, 6) is 6.30. The van der Waals surface area contributed by atoms with Crippen LogP contribution in [0.4, 0.5) is 5.82 Å². The van der Waals surface area contributed by atoms with Crippen molar-refractivity contribution in [1.29, 1.82) is 0 Å². The zero-order valence-electron chi connectivity index (χ0n) is 14.9. The largest absolute Gasteiger partial charge is 0.387 e. The predicted octanol–water partition coefficient (Wildman–Crippen LogP) is -0.331. The van der Waals surface area contributed by atoms with E-state index in [0.29, 0.717) is 24.3 Å². The van der Waals surface area contributed by atoms with Crippen molar-refractivity contribution in [3.8, 4) is 11.8 Å². The zero-order chi connectivity index (χ0) is 19.5. The van der Waals surface area contributed by atoms with Crippen molar-refractivity contribution in [1.82, 2.24) is 24.8 Å². The van der Waals surface area contributed by atoms with Crippen LogP contribution < -0.4 is 11.1 Å². The molecule has 3 aromatic rings. The van der Waals surface area contributed by atoms with E-state index in [4.69, 9.17) is 10.5 Å². The highest BCUT2D eigenvalue weighted by atomic mass is 16.6. The Bertz CT molecular complexity index is 1010. The van der Waals surface area contributed by atoms with Crippen molar-refractivity contribution in [3.63, 3.8) is 0 Å². The van der Waals surface area contributed by atoms with Crippen molar-refractivity contribution < 1.29 is 14.9 Å². The van der Waals surface area contributed by atoms with Crippen LogP contribution in [0.5, 0.6) is 0 Å². The number of aromatic nitrogens is 4. The molecule has 0 bridgehead atoms. The minimum Gasteiger partial charge on any atom is -0.387 e. The summed E-state index contributed by atoms with van der Waals surface area (Å²) in [5.41, 5.74) is 7.58. The summed E-state index contributed by atoms with van der Waals surface area (Å²) >= 11 is 0. The topological polar surface area (TPSA) is 131 Å². The number of nitrogens with one attached hydrogen (secondary N) is 1. The van der Waals surface area contributed by atoms with Crippen LogP contribution in [0.25, 0.3) is 11.2 Å². The molecular formula is C19H20N6O3. The molecule has 4 rings (SSSR count). The summed E-state index contributed by atoms with van der Waals surface area (Å²) in [6.45, 7) is 0.766. The van der Waals surface area contributed by atoms with Crippen LogP contribution in [0.3, 0.4) is 0 Å². The third-order valence-corrected chi connectivity index (χ3v) is 4.56. The summed E-state index contributed by atoms with van der Waals surface area (Å²) in [6, 6.07) is 9.67. The summed E-state index contributed by atoms with van der Waals surface area (Å²) in [4.78, 5) is 12.2. The van der Waals surface area contributed by atoms with Crippen molar-refractivity contribution in [2.24, 2.45) is 0 Å². The Labute approximate surface area is 161 Å². The van der Waals surface area contributed by atoms with Crippen molar-refractivity contribution in [2.75, 3.05) is 18.8 Å². The number of nitrogen functional groups attached to an aromatic ring is 1. The number of ether oxygens (including phenoxy) is 1. The standard InChI is InChI=1S/C19H20N6O3/c20-17-14-18(23-10-22-17)25(11-24-14)19-16(27)15(26)13(28-19)9-21-8-4-7-12-5-2-1-3-6-12/h1-3,5-6,10-11,13,15-16,19,21,26-27H,8-9H2,(H2,20,22,23)/t13-,15-,16-,19-/m1/s1. The molecule has 0 saturated carbocycles. The molecule has 1 aliphatic heterocycles. The number of aliphatic hydroxyl groups excluding tert-OH is 2. The van der Waals surface area contributed by atoms with E-state index in [9.17, 15) is 10.2 Å². The van der Waals surface area contributed by atoms with Crippen LogP contribution in [0, 0.1) is 11.8 Å². The second kappa shape index (κ2) is 7.92. The number of fused-ring (bicyclic) bond motifs is 1. The first kappa shape index (κ1) is 18.3. The molecule has 1 aromatic carbocycles. The first-order valence-electron chi connectivity index (χ1n) is 8.84. The number of nitrogens with zero attached hydrogens (tertiary/aromatic N) is 4. The van der Waals surface area contributed by atoms with E-state index >= 15 is 0 Å². The molecule has 0 amide bonds. The normalized spacial score (nSPS) is 24.2.